The van der Waals surface area contributed by atoms with Crippen molar-refractivity contribution < 1.29 is 8.42 Å². The van der Waals surface area contributed by atoms with E-state index in [0.717, 1.165) is 16.5 Å². The Morgan fingerprint density at radius 2 is 1.89 bits per heavy atom. The van der Waals surface area contributed by atoms with Crippen LogP contribution in [-0.2, 0) is 10.0 Å². The minimum Gasteiger partial charge on any atom is -0.315 e. The van der Waals surface area contributed by atoms with Crippen LogP contribution in [0.2, 0.25) is 0 Å². The fourth-order valence-corrected chi connectivity index (χ4v) is 3.47. The Bertz CT molecular complexity index is 489. The van der Waals surface area contributed by atoms with Gasteiger partial charge in [-0.05, 0) is 54.1 Å². The maximum Gasteiger partial charge on any atom is 0.232 e. The van der Waals surface area contributed by atoms with E-state index in [9.17, 15) is 8.42 Å². The van der Waals surface area contributed by atoms with Crippen molar-refractivity contribution in [2.24, 2.45) is 0 Å². The molecule has 0 atom stereocenters. The molecule has 4 nitrogen and oxygen atoms in total. The van der Waals surface area contributed by atoms with Gasteiger partial charge in [0.05, 0.1) is 11.4 Å². The van der Waals surface area contributed by atoms with Crippen LogP contribution in [-0.4, -0.2) is 26.8 Å². The maximum atomic E-state index is 11.9. The van der Waals surface area contributed by atoms with Crippen molar-refractivity contribution in [3.63, 3.8) is 0 Å². The van der Waals surface area contributed by atoms with Crippen molar-refractivity contribution >= 4 is 38.3 Å². The third-order valence-corrected chi connectivity index (χ3v) is 4.83. The number of hydrogen-bond acceptors (Lipinski definition) is 3. The highest BCUT2D eigenvalue weighted by molar-refractivity contribution is 14.1. The quantitative estimate of drug-likeness (QED) is 0.525. The molecule has 19 heavy (non-hydrogen) atoms. The first kappa shape index (κ1) is 16.7. The van der Waals surface area contributed by atoms with Crippen molar-refractivity contribution in [2.75, 3.05) is 17.0 Å². The zero-order chi connectivity index (χ0) is 14.3. The molecule has 0 saturated carbocycles. The molecule has 0 amide bonds. The molecule has 0 spiro atoms. The van der Waals surface area contributed by atoms with Gasteiger partial charge in [-0.1, -0.05) is 26.0 Å². The van der Waals surface area contributed by atoms with Crippen molar-refractivity contribution in [1.82, 2.24) is 5.32 Å². The van der Waals surface area contributed by atoms with E-state index in [1.54, 1.807) is 6.07 Å². The third-order valence-electron chi connectivity index (χ3n) is 2.53. The molecule has 0 heterocycles. The SMILES string of the molecule is CC(C)NCCCCS(=O)(=O)Nc1ccccc1I. The predicted octanol–water partition coefficient (Wildman–Crippen LogP) is 2.81. The molecule has 0 fully saturated rings. The molecule has 0 radical (unpaired) electrons. The summed E-state index contributed by atoms with van der Waals surface area (Å²) in [6.45, 7) is 5.02. The van der Waals surface area contributed by atoms with Crippen LogP contribution in [0.15, 0.2) is 24.3 Å². The molecule has 2 N–H and O–H groups in total. The molecule has 0 aromatic heterocycles. The van der Waals surface area contributed by atoms with Crippen molar-refractivity contribution in [3.8, 4) is 0 Å². The Kier molecular flexibility index (Phi) is 7.09. The molecular formula is C13H21IN2O2S. The average molecular weight is 396 g/mol. The van der Waals surface area contributed by atoms with Gasteiger partial charge in [0.1, 0.15) is 0 Å². The van der Waals surface area contributed by atoms with Crippen LogP contribution in [0, 0.1) is 3.57 Å². The van der Waals surface area contributed by atoms with E-state index in [2.05, 4.69) is 46.5 Å². The minimum atomic E-state index is -3.24. The summed E-state index contributed by atoms with van der Waals surface area (Å²) < 4.78 is 27.4. The second-order valence-electron chi connectivity index (χ2n) is 4.72. The summed E-state index contributed by atoms with van der Waals surface area (Å²) in [5.41, 5.74) is 0.656. The minimum absolute atomic E-state index is 0.164. The van der Waals surface area contributed by atoms with E-state index in [1.807, 2.05) is 18.2 Å². The molecule has 108 valence electrons. The second kappa shape index (κ2) is 8.06. The molecule has 0 aliphatic heterocycles. The van der Waals surface area contributed by atoms with Gasteiger partial charge in [0, 0.05) is 9.61 Å². The zero-order valence-corrected chi connectivity index (χ0v) is 14.3. The number of para-hydroxylation sites is 1. The number of sulfonamides is 1. The summed E-state index contributed by atoms with van der Waals surface area (Å²) in [5.74, 6) is 0.164. The number of benzene rings is 1. The molecule has 1 aromatic carbocycles. The van der Waals surface area contributed by atoms with Crippen LogP contribution in [0.5, 0.6) is 0 Å². The van der Waals surface area contributed by atoms with Crippen LogP contribution >= 0.6 is 22.6 Å². The fraction of sp³-hybridized carbons (Fsp3) is 0.538. The molecule has 1 rings (SSSR count). The number of hydrogen-bond donors (Lipinski definition) is 2. The Hall–Kier alpha value is -0.340. The van der Waals surface area contributed by atoms with Gasteiger partial charge in [-0.15, -0.1) is 0 Å². The van der Waals surface area contributed by atoms with Gasteiger partial charge in [0.2, 0.25) is 10.0 Å². The predicted molar refractivity (Wildman–Crippen MR) is 88.9 cm³/mol. The summed E-state index contributed by atoms with van der Waals surface area (Å²) in [6.07, 6.45) is 1.53. The molecular weight excluding hydrogens is 375 g/mol. The zero-order valence-electron chi connectivity index (χ0n) is 11.3. The monoisotopic (exact) mass is 396 g/mol. The van der Waals surface area contributed by atoms with Gasteiger partial charge < -0.3 is 5.32 Å². The standard InChI is InChI=1S/C13H21IN2O2S/c1-11(2)15-9-5-6-10-19(17,18)16-13-8-4-3-7-12(13)14/h3-4,7-8,11,15-16H,5-6,9-10H2,1-2H3. The second-order valence-corrected chi connectivity index (χ2v) is 7.72. The first-order valence-corrected chi connectivity index (χ1v) is 9.12. The Morgan fingerprint density at radius 3 is 2.53 bits per heavy atom. The smallest absolute Gasteiger partial charge is 0.232 e. The number of rotatable bonds is 8. The van der Waals surface area contributed by atoms with E-state index in [4.69, 9.17) is 0 Å². The molecule has 0 aliphatic carbocycles. The molecule has 6 heteroatoms. The van der Waals surface area contributed by atoms with Gasteiger partial charge in [0.15, 0.2) is 0 Å². The molecule has 0 unspecified atom stereocenters. The lowest BCUT2D eigenvalue weighted by molar-refractivity contribution is 0.561. The summed E-state index contributed by atoms with van der Waals surface area (Å²) in [7, 11) is -3.24. The fourth-order valence-electron chi connectivity index (χ4n) is 1.57. The highest BCUT2D eigenvalue weighted by Crippen LogP contribution is 2.18. The van der Waals surface area contributed by atoms with Crippen LogP contribution in [0.3, 0.4) is 0 Å². The summed E-state index contributed by atoms with van der Waals surface area (Å²) in [6, 6.07) is 7.81. The Balaban J connectivity index is 2.38. The highest BCUT2D eigenvalue weighted by atomic mass is 127. The summed E-state index contributed by atoms with van der Waals surface area (Å²) in [4.78, 5) is 0. The number of nitrogens with one attached hydrogen (secondary N) is 2. The van der Waals surface area contributed by atoms with E-state index in [1.165, 1.54) is 0 Å². The number of unbranched alkanes of at least 4 members (excludes halogenated alkanes) is 1. The topological polar surface area (TPSA) is 58.2 Å². The van der Waals surface area contributed by atoms with Crippen LogP contribution in [0.25, 0.3) is 0 Å². The van der Waals surface area contributed by atoms with E-state index < -0.39 is 10.0 Å². The maximum absolute atomic E-state index is 11.9. The Labute approximate surface area is 129 Å². The van der Waals surface area contributed by atoms with E-state index in [-0.39, 0.29) is 5.75 Å². The van der Waals surface area contributed by atoms with Gasteiger partial charge in [-0.25, -0.2) is 8.42 Å². The molecule has 1 aromatic rings. The average Bonchev–Trinajstić information content (AvgIpc) is 2.31. The van der Waals surface area contributed by atoms with Crippen LogP contribution in [0.1, 0.15) is 26.7 Å². The number of anilines is 1. The van der Waals surface area contributed by atoms with Crippen LogP contribution < -0.4 is 10.0 Å². The summed E-state index contributed by atoms with van der Waals surface area (Å²) >= 11 is 2.12. The van der Waals surface area contributed by atoms with Crippen molar-refractivity contribution in [1.29, 1.82) is 0 Å². The lowest BCUT2D eigenvalue weighted by Crippen LogP contribution is -2.24. The van der Waals surface area contributed by atoms with Crippen molar-refractivity contribution in [2.45, 2.75) is 32.7 Å². The van der Waals surface area contributed by atoms with Gasteiger partial charge in [-0.2, -0.15) is 0 Å². The lowest BCUT2D eigenvalue weighted by Gasteiger charge is -2.10. The summed E-state index contributed by atoms with van der Waals surface area (Å²) in [5, 5.41) is 3.27. The Morgan fingerprint density at radius 1 is 1.21 bits per heavy atom. The van der Waals surface area contributed by atoms with E-state index >= 15 is 0 Å². The van der Waals surface area contributed by atoms with Crippen molar-refractivity contribution in [3.05, 3.63) is 27.8 Å². The lowest BCUT2D eigenvalue weighted by atomic mass is 10.3. The van der Waals surface area contributed by atoms with Gasteiger partial charge in [-0.3, -0.25) is 4.72 Å². The molecule has 0 aliphatic rings. The van der Waals surface area contributed by atoms with Crippen LogP contribution in [0.4, 0.5) is 5.69 Å². The first-order chi connectivity index (χ1) is 8.91. The van der Waals surface area contributed by atoms with Gasteiger partial charge in [0.25, 0.3) is 0 Å². The largest absolute Gasteiger partial charge is 0.315 e. The molecule has 0 bridgehead atoms. The third kappa shape index (κ3) is 7.12. The first-order valence-electron chi connectivity index (χ1n) is 6.39. The highest BCUT2D eigenvalue weighted by Gasteiger charge is 2.11. The number of halogens is 1. The van der Waals surface area contributed by atoms with Gasteiger partial charge >= 0.3 is 0 Å². The normalized spacial score (nSPS) is 11.8. The van der Waals surface area contributed by atoms with E-state index in [0.29, 0.717) is 18.2 Å². The molecule has 0 saturated heterocycles.